The largest absolute Gasteiger partial charge is 0.300 e. The van der Waals surface area contributed by atoms with Crippen LogP contribution in [0.25, 0.3) is 0 Å². The first-order valence-corrected chi connectivity index (χ1v) is 8.43. The van der Waals surface area contributed by atoms with Crippen molar-refractivity contribution in [3.63, 3.8) is 0 Å². The first-order chi connectivity index (χ1) is 10.3. The third-order valence-electron chi connectivity index (χ3n) is 5.78. The molecule has 0 spiro atoms. The molecule has 2 fully saturated rings. The SMILES string of the molecule is FC1C=CC=CC1N1CCN(CC2CC3C=CC2C3)CC1. The van der Waals surface area contributed by atoms with E-state index in [0.717, 1.165) is 43.9 Å². The number of rotatable bonds is 3. The summed E-state index contributed by atoms with van der Waals surface area (Å²) in [6, 6.07) is -0.0393. The van der Waals surface area contributed by atoms with E-state index in [2.05, 4.69) is 22.0 Å². The Balaban J connectivity index is 1.28. The summed E-state index contributed by atoms with van der Waals surface area (Å²) in [5.74, 6) is 2.58. The lowest BCUT2D eigenvalue weighted by atomic mass is 9.93. The predicted molar refractivity (Wildman–Crippen MR) is 83.8 cm³/mol. The van der Waals surface area contributed by atoms with Crippen molar-refractivity contribution < 1.29 is 4.39 Å². The van der Waals surface area contributed by atoms with Crippen molar-refractivity contribution in [2.45, 2.75) is 25.1 Å². The van der Waals surface area contributed by atoms with Gasteiger partial charge in [-0.25, -0.2) is 4.39 Å². The second-order valence-corrected chi connectivity index (χ2v) is 7.08. The van der Waals surface area contributed by atoms with Crippen molar-refractivity contribution >= 4 is 0 Å². The van der Waals surface area contributed by atoms with Gasteiger partial charge in [0, 0.05) is 32.7 Å². The molecule has 0 N–H and O–H groups in total. The molecule has 1 aliphatic heterocycles. The molecular formula is C18H25FN2. The Labute approximate surface area is 127 Å². The van der Waals surface area contributed by atoms with Gasteiger partial charge in [-0.2, -0.15) is 0 Å². The van der Waals surface area contributed by atoms with E-state index >= 15 is 0 Å². The van der Waals surface area contributed by atoms with Gasteiger partial charge in [0.2, 0.25) is 0 Å². The number of fused-ring (bicyclic) bond motifs is 2. The van der Waals surface area contributed by atoms with Crippen LogP contribution in [0.15, 0.2) is 36.5 Å². The summed E-state index contributed by atoms with van der Waals surface area (Å²) < 4.78 is 14.0. The minimum Gasteiger partial charge on any atom is -0.300 e. The zero-order chi connectivity index (χ0) is 14.2. The molecule has 1 heterocycles. The number of hydrogen-bond acceptors (Lipinski definition) is 2. The van der Waals surface area contributed by atoms with Crippen LogP contribution in [-0.2, 0) is 0 Å². The van der Waals surface area contributed by atoms with E-state index in [1.807, 2.05) is 18.2 Å². The maximum Gasteiger partial charge on any atom is 0.138 e. The van der Waals surface area contributed by atoms with Crippen LogP contribution in [-0.4, -0.2) is 54.7 Å². The third kappa shape index (κ3) is 2.74. The minimum absolute atomic E-state index is 0.0393. The molecule has 114 valence electrons. The van der Waals surface area contributed by atoms with Gasteiger partial charge in [0.05, 0.1) is 6.04 Å². The fourth-order valence-corrected chi connectivity index (χ4v) is 4.57. The average molecular weight is 288 g/mol. The molecule has 3 heteroatoms. The van der Waals surface area contributed by atoms with E-state index < -0.39 is 6.17 Å². The maximum atomic E-state index is 14.0. The first-order valence-electron chi connectivity index (χ1n) is 8.43. The fourth-order valence-electron chi connectivity index (χ4n) is 4.57. The average Bonchev–Trinajstić information content (AvgIpc) is 3.11. The van der Waals surface area contributed by atoms with Crippen LogP contribution >= 0.6 is 0 Å². The first kappa shape index (κ1) is 13.7. The topological polar surface area (TPSA) is 6.48 Å². The lowest BCUT2D eigenvalue weighted by Crippen LogP contribution is -2.53. The summed E-state index contributed by atoms with van der Waals surface area (Å²) >= 11 is 0. The van der Waals surface area contributed by atoms with Gasteiger partial charge in [0.1, 0.15) is 6.17 Å². The summed E-state index contributed by atoms with van der Waals surface area (Å²) in [5.41, 5.74) is 0. The highest BCUT2D eigenvalue weighted by molar-refractivity contribution is 5.18. The maximum absolute atomic E-state index is 14.0. The zero-order valence-corrected chi connectivity index (χ0v) is 12.6. The molecule has 3 aliphatic carbocycles. The smallest absolute Gasteiger partial charge is 0.138 e. The zero-order valence-electron chi connectivity index (χ0n) is 12.6. The van der Waals surface area contributed by atoms with Crippen molar-refractivity contribution in [1.82, 2.24) is 9.80 Å². The summed E-state index contributed by atoms with van der Waals surface area (Å²) in [7, 11) is 0. The molecular weight excluding hydrogens is 263 g/mol. The van der Waals surface area contributed by atoms with E-state index in [-0.39, 0.29) is 6.04 Å². The molecule has 5 atom stereocenters. The summed E-state index contributed by atoms with van der Waals surface area (Å²) in [5, 5.41) is 0. The van der Waals surface area contributed by atoms with Crippen LogP contribution in [0.3, 0.4) is 0 Å². The molecule has 1 saturated heterocycles. The lowest BCUT2D eigenvalue weighted by molar-refractivity contribution is 0.0757. The Hall–Kier alpha value is -0.930. The van der Waals surface area contributed by atoms with Crippen LogP contribution in [0.4, 0.5) is 4.39 Å². The molecule has 2 nitrogen and oxygen atoms in total. The predicted octanol–water partition coefficient (Wildman–Crippen LogP) is 2.65. The lowest BCUT2D eigenvalue weighted by Gasteiger charge is -2.40. The highest BCUT2D eigenvalue weighted by Gasteiger charge is 2.37. The monoisotopic (exact) mass is 288 g/mol. The van der Waals surface area contributed by atoms with Crippen LogP contribution in [0.2, 0.25) is 0 Å². The van der Waals surface area contributed by atoms with Crippen molar-refractivity contribution in [3.05, 3.63) is 36.5 Å². The Morgan fingerprint density at radius 1 is 0.905 bits per heavy atom. The van der Waals surface area contributed by atoms with Gasteiger partial charge < -0.3 is 4.90 Å². The van der Waals surface area contributed by atoms with Crippen LogP contribution in [0.5, 0.6) is 0 Å². The number of hydrogen-bond donors (Lipinski definition) is 0. The van der Waals surface area contributed by atoms with Gasteiger partial charge in [-0.3, -0.25) is 4.90 Å². The summed E-state index contributed by atoms with van der Waals surface area (Å²) in [6.07, 6.45) is 14.3. The van der Waals surface area contributed by atoms with Crippen molar-refractivity contribution in [2.24, 2.45) is 17.8 Å². The Bertz CT molecular complexity index is 462. The van der Waals surface area contributed by atoms with Gasteiger partial charge in [-0.15, -0.1) is 0 Å². The molecule has 5 unspecified atom stereocenters. The highest BCUT2D eigenvalue weighted by Crippen LogP contribution is 2.43. The number of allylic oxidation sites excluding steroid dienone is 4. The molecule has 4 aliphatic rings. The van der Waals surface area contributed by atoms with Gasteiger partial charge in [0.15, 0.2) is 0 Å². The molecule has 0 aromatic heterocycles. The van der Waals surface area contributed by atoms with Gasteiger partial charge in [-0.05, 0) is 36.7 Å². The van der Waals surface area contributed by atoms with Crippen LogP contribution < -0.4 is 0 Å². The Kier molecular flexibility index (Phi) is 3.72. The molecule has 0 aromatic carbocycles. The Morgan fingerprint density at radius 3 is 2.38 bits per heavy atom. The van der Waals surface area contributed by atoms with Crippen molar-refractivity contribution in [1.29, 1.82) is 0 Å². The summed E-state index contributed by atoms with van der Waals surface area (Å²) in [4.78, 5) is 4.91. The standard InChI is InChI=1S/C18H25FN2/c19-17-3-1-2-4-18(17)21-9-7-20(8-10-21)13-16-12-14-5-6-15(16)11-14/h1-6,14-18H,7-13H2. The molecule has 2 bridgehead atoms. The van der Waals surface area contributed by atoms with E-state index in [1.165, 1.54) is 19.4 Å². The van der Waals surface area contributed by atoms with Crippen molar-refractivity contribution in [3.8, 4) is 0 Å². The molecule has 4 rings (SSSR count). The van der Waals surface area contributed by atoms with Gasteiger partial charge in [0.25, 0.3) is 0 Å². The fraction of sp³-hybridized carbons (Fsp3) is 0.667. The van der Waals surface area contributed by atoms with Gasteiger partial charge >= 0.3 is 0 Å². The molecule has 0 aromatic rings. The number of halogens is 1. The molecule has 0 radical (unpaired) electrons. The van der Waals surface area contributed by atoms with Crippen LogP contribution in [0, 0.1) is 17.8 Å². The molecule has 21 heavy (non-hydrogen) atoms. The van der Waals surface area contributed by atoms with E-state index in [0.29, 0.717) is 0 Å². The van der Waals surface area contributed by atoms with Crippen molar-refractivity contribution in [2.75, 3.05) is 32.7 Å². The van der Waals surface area contributed by atoms with Crippen LogP contribution in [0.1, 0.15) is 12.8 Å². The number of nitrogens with zero attached hydrogens (tertiary/aromatic N) is 2. The van der Waals surface area contributed by atoms with E-state index in [1.54, 1.807) is 6.08 Å². The molecule has 0 amide bonds. The Morgan fingerprint density at radius 2 is 1.71 bits per heavy atom. The normalized spacial score (nSPS) is 43.0. The van der Waals surface area contributed by atoms with E-state index in [9.17, 15) is 4.39 Å². The molecule has 1 saturated carbocycles. The number of alkyl halides is 1. The second kappa shape index (κ2) is 5.69. The van der Waals surface area contributed by atoms with Gasteiger partial charge in [-0.1, -0.05) is 30.4 Å². The second-order valence-electron chi connectivity index (χ2n) is 7.08. The van der Waals surface area contributed by atoms with E-state index in [4.69, 9.17) is 0 Å². The quantitative estimate of drug-likeness (QED) is 0.737. The summed E-state index contributed by atoms with van der Waals surface area (Å²) in [6.45, 7) is 5.44. The third-order valence-corrected chi connectivity index (χ3v) is 5.78. The number of piperazine rings is 1. The highest BCUT2D eigenvalue weighted by atomic mass is 19.1. The minimum atomic E-state index is -0.836.